The largest absolute Gasteiger partial charge is 0.477 e. The molecule has 1 saturated carbocycles. The minimum absolute atomic E-state index is 0.0169. The van der Waals surface area contributed by atoms with E-state index in [1.54, 1.807) is 0 Å². The van der Waals surface area contributed by atoms with E-state index in [4.69, 9.17) is 0 Å². The maximum absolute atomic E-state index is 14.4. The van der Waals surface area contributed by atoms with Crippen molar-refractivity contribution in [2.75, 3.05) is 6.61 Å². The predicted molar refractivity (Wildman–Crippen MR) is 116 cm³/mol. The third-order valence-corrected chi connectivity index (χ3v) is 5.91. The van der Waals surface area contributed by atoms with Crippen LogP contribution in [-0.4, -0.2) is 12.7 Å². The van der Waals surface area contributed by atoms with Gasteiger partial charge in [-0.3, -0.25) is 0 Å². The molecule has 0 bridgehead atoms. The molecule has 2 aromatic carbocycles. The van der Waals surface area contributed by atoms with E-state index < -0.39 is 59.2 Å². The van der Waals surface area contributed by atoms with Crippen molar-refractivity contribution in [2.45, 2.75) is 57.7 Å². The van der Waals surface area contributed by atoms with Crippen LogP contribution in [0.15, 0.2) is 24.3 Å². The highest BCUT2D eigenvalue weighted by Crippen LogP contribution is 2.37. The molecule has 202 valence electrons. The highest BCUT2D eigenvalue weighted by molar-refractivity contribution is 5.41. The summed E-state index contributed by atoms with van der Waals surface area (Å²) in [5.41, 5.74) is -2.30. The Morgan fingerprint density at radius 3 is 1.92 bits per heavy atom. The van der Waals surface area contributed by atoms with Gasteiger partial charge in [0.25, 0.3) is 0 Å². The first kappa shape index (κ1) is 28.5. The lowest BCUT2D eigenvalue weighted by molar-refractivity contribution is -0.196. The van der Waals surface area contributed by atoms with Gasteiger partial charge in [-0.2, -0.15) is 22.0 Å². The van der Waals surface area contributed by atoms with E-state index in [0.29, 0.717) is 5.92 Å². The molecule has 1 fully saturated rings. The van der Waals surface area contributed by atoms with Crippen LogP contribution in [0.3, 0.4) is 0 Å². The highest BCUT2D eigenvalue weighted by atomic mass is 19.4. The first-order valence-electron chi connectivity index (χ1n) is 11.6. The lowest BCUT2D eigenvalue weighted by atomic mass is 9.80. The van der Waals surface area contributed by atoms with Crippen molar-refractivity contribution in [2.24, 2.45) is 11.8 Å². The van der Waals surface area contributed by atoms with Crippen molar-refractivity contribution in [3.8, 4) is 23.3 Å². The molecule has 0 amide bonds. The summed E-state index contributed by atoms with van der Waals surface area (Å²) in [7, 11) is 0. The Kier molecular flexibility index (Phi) is 8.92. The molecular formula is C26H23F9O2. The zero-order valence-electron chi connectivity index (χ0n) is 19.6. The third-order valence-electron chi connectivity index (χ3n) is 5.91. The van der Waals surface area contributed by atoms with Crippen LogP contribution in [0, 0.1) is 46.9 Å². The van der Waals surface area contributed by atoms with Crippen molar-refractivity contribution in [1.82, 2.24) is 0 Å². The van der Waals surface area contributed by atoms with Crippen LogP contribution in [0.25, 0.3) is 0 Å². The number of benzene rings is 2. The van der Waals surface area contributed by atoms with Crippen molar-refractivity contribution in [3.05, 3.63) is 58.7 Å². The Hall–Kier alpha value is -3.03. The summed E-state index contributed by atoms with van der Waals surface area (Å²) < 4.78 is 130. The maximum atomic E-state index is 14.4. The van der Waals surface area contributed by atoms with Gasteiger partial charge in [-0.1, -0.05) is 31.6 Å². The standard InChI is InChI=1S/C26H23F9O2/c1-2-3-15-4-6-16(7-5-15)8-9-17-10-21(29)24(22(30)11-17)36-14-25(31,32)37-18-12-19(27)23(20(28)13-18)26(33,34)35/h10-13,15-16H,2-7,14H2,1H3. The molecule has 2 aromatic rings. The molecule has 0 unspecified atom stereocenters. The first-order valence-corrected chi connectivity index (χ1v) is 11.6. The van der Waals surface area contributed by atoms with E-state index >= 15 is 0 Å². The van der Waals surface area contributed by atoms with Crippen LogP contribution in [0.2, 0.25) is 0 Å². The van der Waals surface area contributed by atoms with E-state index in [0.717, 1.165) is 50.7 Å². The molecule has 37 heavy (non-hydrogen) atoms. The molecular weight excluding hydrogens is 515 g/mol. The minimum atomic E-state index is -5.40. The third kappa shape index (κ3) is 7.73. The number of hydrogen-bond acceptors (Lipinski definition) is 2. The van der Waals surface area contributed by atoms with E-state index in [1.165, 1.54) is 0 Å². The summed E-state index contributed by atoms with van der Waals surface area (Å²) >= 11 is 0. The van der Waals surface area contributed by atoms with Crippen LogP contribution in [0.5, 0.6) is 11.5 Å². The highest BCUT2D eigenvalue weighted by Gasteiger charge is 2.40. The molecule has 0 heterocycles. The second-order valence-corrected chi connectivity index (χ2v) is 8.83. The normalized spacial score (nSPS) is 18.2. The van der Waals surface area contributed by atoms with E-state index in [1.807, 2.05) is 0 Å². The van der Waals surface area contributed by atoms with Gasteiger partial charge in [-0.05, 0) is 43.7 Å². The molecule has 3 rings (SSSR count). The molecule has 0 aromatic heterocycles. The second kappa shape index (κ2) is 11.6. The molecule has 0 atom stereocenters. The maximum Gasteiger partial charge on any atom is 0.433 e. The van der Waals surface area contributed by atoms with Crippen LogP contribution in [0.1, 0.15) is 56.6 Å². The fourth-order valence-electron chi connectivity index (χ4n) is 4.20. The summed E-state index contributed by atoms with van der Waals surface area (Å²) in [6.45, 7) is 0.315. The summed E-state index contributed by atoms with van der Waals surface area (Å²) in [6.07, 6.45) is -3.73. The Morgan fingerprint density at radius 2 is 1.41 bits per heavy atom. The molecule has 11 heteroatoms. The van der Waals surface area contributed by atoms with Gasteiger partial charge in [0.2, 0.25) is 0 Å². The zero-order chi connectivity index (χ0) is 27.4. The van der Waals surface area contributed by atoms with E-state index in [9.17, 15) is 39.5 Å². The second-order valence-electron chi connectivity index (χ2n) is 8.83. The van der Waals surface area contributed by atoms with Crippen LogP contribution >= 0.6 is 0 Å². The molecule has 0 radical (unpaired) electrons. The number of alkyl halides is 5. The zero-order valence-corrected chi connectivity index (χ0v) is 19.6. The Morgan fingerprint density at radius 1 is 0.838 bits per heavy atom. The molecule has 2 nitrogen and oxygen atoms in total. The summed E-state index contributed by atoms with van der Waals surface area (Å²) in [6, 6.07) is 1.44. The number of hydrogen-bond donors (Lipinski definition) is 0. The summed E-state index contributed by atoms with van der Waals surface area (Å²) in [5.74, 6) is -3.03. The summed E-state index contributed by atoms with van der Waals surface area (Å²) in [5, 5.41) is 0. The summed E-state index contributed by atoms with van der Waals surface area (Å²) in [4.78, 5) is 0. The van der Waals surface area contributed by atoms with Gasteiger partial charge in [-0.25, -0.2) is 17.6 Å². The van der Waals surface area contributed by atoms with Crippen molar-refractivity contribution in [3.63, 3.8) is 0 Å². The molecule has 0 N–H and O–H groups in total. The quantitative estimate of drug-likeness (QED) is 0.261. The smallest absolute Gasteiger partial charge is 0.433 e. The number of rotatable bonds is 7. The van der Waals surface area contributed by atoms with Crippen molar-refractivity contribution < 1.29 is 49.0 Å². The lowest BCUT2D eigenvalue weighted by Crippen LogP contribution is -2.33. The first-order chi connectivity index (χ1) is 17.3. The number of halogens is 9. The average Bonchev–Trinajstić information content (AvgIpc) is 2.76. The molecule has 0 aliphatic heterocycles. The van der Waals surface area contributed by atoms with E-state index in [-0.39, 0.29) is 23.6 Å². The van der Waals surface area contributed by atoms with Gasteiger partial charge in [0, 0.05) is 23.6 Å². The Bertz CT molecular complexity index is 1110. The van der Waals surface area contributed by atoms with Gasteiger partial charge in [-0.15, -0.1) is 0 Å². The van der Waals surface area contributed by atoms with Crippen molar-refractivity contribution in [1.29, 1.82) is 0 Å². The van der Waals surface area contributed by atoms with Crippen molar-refractivity contribution >= 4 is 0 Å². The fraction of sp³-hybridized carbons (Fsp3) is 0.462. The minimum Gasteiger partial charge on any atom is -0.477 e. The fourth-order valence-corrected chi connectivity index (χ4v) is 4.20. The van der Waals surface area contributed by atoms with Crippen LogP contribution in [0.4, 0.5) is 39.5 Å². The molecule has 0 spiro atoms. The van der Waals surface area contributed by atoms with Crippen LogP contribution < -0.4 is 9.47 Å². The Balaban J connectivity index is 1.64. The molecule has 1 aliphatic rings. The van der Waals surface area contributed by atoms with Gasteiger partial charge in [0.15, 0.2) is 24.0 Å². The van der Waals surface area contributed by atoms with Gasteiger partial charge < -0.3 is 9.47 Å². The monoisotopic (exact) mass is 538 g/mol. The van der Waals surface area contributed by atoms with Gasteiger partial charge in [0.1, 0.15) is 22.9 Å². The van der Waals surface area contributed by atoms with Gasteiger partial charge >= 0.3 is 12.3 Å². The van der Waals surface area contributed by atoms with Gasteiger partial charge in [0.05, 0.1) is 0 Å². The lowest BCUT2D eigenvalue weighted by Gasteiger charge is -2.25. The predicted octanol–water partition coefficient (Wildman–Crippen LogP) is 8.27. The molecule has 0 saturated heterocycles. The molecule has 1 aliphatic carbocycles. The number of ether oxygens (including phenoxy) is 2. The van der Waals surface area contributed by atoms with E-state index in [2.05, 4.69) is 28.2 Å². The SMILES string of the molecule is CCCC1CCC(C#Cc2cc(F)c(OCC(F)(F)Oc3cc(F)c(C(F)(F)F)c(F)c3)c(F)c2)CC1. The average molecular weight is 538 g/mol. The Labute approximate surface area is 207 Å². The topological polar surface area (TPSA) is 18.5 Å². The van der Waals surface area contributed by atoms with Crippen LogP contribution in [-0.2, 0) is 6.18 Å².